The predicted molar refractivity (Wildman–Crippen MR) is 96.3 cm³/mol. The predicted octanol–water partition coefficient (Wildman–Crippen LogP) is 2.62. The number of aryl methyl sites for hydroxylation is 1. The lowest BCUT2D eigenvalue weighted by molar-refractivity contribution is -0.133. The van der Waals surface area contributed by atoms with E-state index >= 15 is 0 Å². The summed E-state index contributed by atoms with van der Waals surface area (Å²) >= 11 is 0. The highest BCUT2D eigenvalue weighted by Gasteiger charge is 2.27. The van der Waals surface area contributed by atoms with Crippen molar-refractivity contribution in [1.29, 1.82) is 0 Å². The van der Waals surface area contributed by atoms with Gasteiger partial charge in [-0.2, -0.15) is 5.10 Å². The number of aromatic amines is 1. The van der Waals surface area contributed by atoms with Crippen LogP contribution < -0.4 is 0 Å². The van der Waals surface area contributed by atoms with Crippen LogP contribution in [0, 0.1) is 5.92 Å². The molecule has 0 unspecified atom stereocenters. The summed E-state index contributed by atoms with van der Waals surface area (Å²) in [7, 11) is 0. The molecular weight excluding hydrogens is 316 g/mol. The number of hydrogen-bond acceptors (Lipinski definition) is 3. The van der Waals surface area contributed by atoms with Crippen LogP contribution >= 0.6 is 0 Å². The van der Waals surface area contributed by atoms with E-state index in [0.29, 0.717) is 44.2 Å². The van der Waals surface area contributed by atoms with Crippen LogP contribution in [0.25, 0.3) is 0 Å². The van der Waals surface area contributed by atoms with Crippen LogP contribution in [0.2, 0.25) is 0 Å². The van der Waals surface area contributed by atoms with Crippen molar-refractivity contribution in [2.75, 3.05) is 26.2 Å². The van der Waals surface area contributed by atoms with Gasteiger partial charge in [0.05, 0.1) is 0 Å². The Balaban J connectivity index is 1.47. The minimum absolute atomic E-state index is 0.0296. The molecule has 2 amide bonds. The highest BCUT2D eigenvalue weighted by molar-refractivity contribution is 5.92. The third-order valence-corrected chi connectivity index (χ3v) is 5.48. The molecule has 0 aromatic carbocycles. The summed E-state index contributed by atoms with van der Waals surface area (Å²) in [5.41, 5.74) is 1.50. The van der Waals surface area contributed by atoms with Gasteiger partial charge < -0.3 is 9.80 Å². The fourth-order valence-electron chi connectivity index (χ4n) is 3.96. The highest BCUT2D eigenvalue weighted by atomic mass is 16.2. The first-order chi connectivity index (χ1) is 12.2. The summed E-state index contributed by atoms with van der Waals surface area (Å²) in [5.74, 6) is 0.809. The van der Waals surface area contributed by atoms with E-state index in [4.69, 9.17) is 0 Å². The van der Waals surface area contributed by atoms with Crippen molar-refractivity contribution < 1.29 is 9.59 Å². The van der Waals surface area contributed by atoms with Crippen molar-refractivity contribution in [2.45, 2.75) is 58.3 Å². The molecule has 0 atom stereocenters. The Hall–Kier alpha value is -1.85. The number of rotatable bonds is 5. The molecule has 1 aromatic heterocycles. The molecule has 0 radical (unpaired) electrons. The number of carbonyl (C=O) groups excluding carboxylic acids is 2. The summed E-state index contributed by atoms with van der Waals surface area (Å²) in [4.78, 5) is 28.8. The average Bonchev–Trinajstić information content (AvgIpc) is 3.11. The number of H-pyrrole nitrogens is 1. The van der Waals surface area contributed by atoms with E-state index < -0.39 is 0 Å². The second kappa shape index (κ2) is 8.50. The SMILES string of the molecule is CCCc1cc(C(=O)N2CCN(C(=O)CC3CCCCC3)CC2)n[nH]1. The first kappa shape index (κ1) is 18.0. The molecule has 6 nitrogen and oxygen atoms in total. The van der Waals surface area contributed by atoms with E-state index in [1.807, 2.05) is 15.9 Å². The summed E-state index contributed by atoms with van der Waals surface area (Å²) in [6.07, 6.45) is 8.87. The molecule has 2 fully saturated rings. The Morgan fingerprint density at radius 3 is 2.48 bits per heavy atom. The van der Waals surface area contributed by atoms with E-state index in [0.717, 1.165) is 18.5 Å². The van der Waals surface area contributed by atoms with Crippen molar-refractivity contribution in [3.8, 4) is 0 Å². The van der Waals surface area contributed by atoms with E-state index in [1.165, 1.54) is 32.1 Å². The fraction of sp³-hybridized carbons (Fsp3) is 0.737. The monoisotopic (exact) mass is 346 g/mol. The van der Waals surface area contributed by atoms with Gasteiger partial charge in [0.15, 0.2) is 0 Å². The van der Waals surface area contributed by atoms with Crippen molar-refractivity contribution in [3.63, 3.8) is 0 Å². The van der Waals surface area contributed by atoms with Gasteiger partial charge in [-0.25, -0.2) is 0 Å². The van der Waals surface area contributed by atoms with Gasteiger partial charge in [-0.3, -0.25) is 14.7 Å². The largest absolute Gasteiger partial charge is 0.339 e. The Morgan fingerprint density at radius 2 is 1.80 bits per heavy atom. The molecule has 1 aliphatic heterocycles. The third kappa shape index (κ3) is 4.61. The summed E-state index contributed by atoms with van der Waals surface area (Å²) in [6.45, 7) is 4.59. The highest BCUT2D eigenvalue weighted by Crippen LogP contribution is 2.27. The van der Waals surface area contributed by atoms with Gasteiger partial charge in [-0.05, 0) is 31.2 Å². The van der Waals surface area contributed by atoms with Gasteiger partial charge in [0.1, 0.15) is 5.69 Å². The van der Waals surface area contributed by atoms with Crippen LogP contribution in [0.15, 0.2) is 6.07 Å². The molecule has 138 valence electrons. The van der Waals surface area contributed by atoms with Crippen LogP contribution in [0.4, 0.5) is 0 Å². The zero-order valence-corrected chi connectivity index (χ0v) is 15.3. The molecule has 1 saturated heterocycles. The van der Waals surface area contributed by atoms with Gasteiger partial charge in [-0.1, -0.05) is 32.6 Å². The molecule has 6 heteroatoms. The van der Waals surface area contributed by atoms with E-state index in [-0.39, 0.29) is 11.8 Å². The zero-order valence-electron chi connectivity index (χ0n) is 15.3. The van der Waals surface area contributed by atoms with Gasteiger partial charge in [0.2, 0.25) is 5.91 Å². The first-order valence-corrected chi connectivity index (χ1v) is 9.78. The molecule has 3 rings (SSSR count). The van der Waals surface area contributed by atoms with Crippen molar-refractivity contribution >= 4 is 11.8 Å². The normalized spacial score (nSPS) is 19.2. The second-order valence-electron chi connectivity index (χ2n) is 7.41. The molecule has 1 N–H and O–H groups in total. The smallest absolute Gasteiger partial charge is 0.274 e. The summed E-state index contributed by atoms with van der Waals surface area (Å²) in [5, 5.41) is 7.08. The molecule has 2 heterocycles. The van der Waals surface area contributed by atoms with Crippen LogP contribution in [-0.4, -0.2) is 58.0 Å². The van der Waals surface area contributed by atoms with Crippen molar-refractivity contribution in [3.05, 3.63) is 17.5 Å². The van der Waals surface area contributed by atoms with Gasteiger partial charge in [0.25, 0.3) is 5.91 Å². The summed E-state index contributed by atoms with van der Waals surface area (Å²) < 4.78 is 0. The Bertz CT molecular complexity index is 584. The maximum Gasteiger partial charge on any atom is 0.274 e. The molecule has 0 bridgehead atoms. The third-order valence-electron chi connectivity index (χ3n) is 5.48. The molecule has 25 heavy (non-hydrogen) atoms. The number of nitrogens with zero attached hydrogens (tertiary/aromatic N) is 3. The number of aromatic nitrogens is 2. The number of piperazine rings is 1. The van der Waals surface area contributed by atoms with E-state index in [2.05, 4.69) is 17.1 Å². The van der Waals surface area contributed by atoms with Gasteiger partial charge >= 0.3 is 0 Å². The maximum atomic E-state index is 12.6. The molecular formula is C19H30N4O2. The Morgan fingerprint density at radius 1 is 1.12 bits per heavy atom. The van der Waals surface area contributed by atoms with Crippen molar-refractivity contribution in [2.24, 2.45) is 5.92 Å². The lowest BCUT2D eigenvalue weighted by atomic mass is 9.86. The standard InChI is InChI=1S/C19H30N4O2/c1-2-6-16-14-17(21-20-16)19(25)23-11-9-22(10-12-23)18(24)13-15-7-4-3-5-8-15/h14-15H,2-13H2,1H3,(H,20,21). The van der Waals surface area contributed by atoms with Crippen LogP contribution in [-0.2, 0) is 11.2 Å². The molecule has 0 spiro atoms. The molecule has 1 saturated carbocycles. The molecule has 1 aromatic rings. The minimum Gasteiger partial charge on any atom is -0.339 e. The zero-order chi connectivity index (χ0) is 17.6. The van der Waals surface area contributed by atoms with Gasteiger partial charge in [-0.15, -0.1) is 0 Å². The lowest BCUT2D eigenvalue weighted by Crippen LogP contribution is -2.51. The number of amides is 2. The lowest BCUT2D eigenvalue weighted by Gasteiger charge is -2.35. The second-order valence-corrected chi connectivity index (χ2v) is 7.41. The van der Waals surface area contributed by atoms with Crippen LogP contribution in [0.5, 0.6) is 0 Å². The number of nitrogens with one attached hydrogen (secondary N) is 1. The first-order valence-electron chi connectivity index (χ1n) is 9.78. The topological polar surface area (TPSA) is 69.3 Å². The Kier molecular flexibility index (Phi) is 6.10. The fourth-order valence-corrected chi connectivity index (χ4v) is 3.96. The summed E-state index contributed by atoms with van der Waals surface area (Å²) in [6, 6.07) is 1.85. The van der Waals surface area contributed by atoms with E-state index in [1.54, 1.807) is 0 Å². The van der Waals surface area contributed by atoms with Crippen LogP contribution in [0.1, 0.15) is 68.1 Å². The molecule has 2 aliphatic rings. The quantitative estimate of drug-likeness (QED) is 0.891. The van der Waals surface area contributed by atoms with E-state index in [9.17, 15) is 9.59 Å². The van der Waals surface area contributed by atoms with Gasteiger partial charge in [0, 0.05) is 38.3 Å². The average molecular weight is 346 g/mol. The number of carbonyl (C=O) groups is 2. The number of hydrogen-bond donors (Lipinski definition) is 1. The van der Waals surface area contributed by atoms with Crippen LogP contribution in [0.3, 0.4) is 0 Å². The Labute approximate surface area is 149 Å². The maximum absolute atomic E-state index is 12.6. The minimum atomic E-state index is -0.0296. The van der Waals surface area contributed by atoms with Crippen molar-refractivity contribution in [1.82, 2.24) is 20.0 Å². The molecule has 1 aliphatic carbocycles.